The van der Waals surface area contributed by atoms with Crippen molar-refractivity contribution >= 4 is 17.5 Å². The fourth-order valence-corrected chi connectivity index (χ4v) is 3.52. The first-order valence-corrected chi connectivity index (χ1v) is 8.08. The Morgan fingerprint density at radius 3 is 2.87 bits per heavy atom. The molecule has 0 saturated carbocycles. The third-order valence-electron chi connectivity index (χ3n) is 4.33. The van der Waals surface area contributed by atoms with Crippen molar-refractivity contribution in [2.75, 3.05) is 13.2 Å². The SMILES string of the molecule is O=C(NC1CCc2c(Cl)cccc21)c1cccc2c1OCCO2. The molecule has 118 valence electrons. The number of nitrogens with one attached hydrogen (secondary N) is 1. The molecule has 0 bridgehead atoms. The number of fused-ring (bicyclic) bond motifs is 2. The van der Waals surface area contributed by atoms with Gasteiger partial charge in [0.25, 0.3) is 5.91 Å². The summed E-state index contributed by atoms with van der Waals surface area (Å²) in [5.74, 6) is 1.00. The van der Waals surface area contributed by atoms with E-state index in [0.717, 1.165) is 29.0 Å². The van der Waals surface area contributed by atoms with Gasteiger partial charge < -0.3 is 14.8 Å². The van der Waals surface area contributed by atoms with Gasteiger partial charge >= 0.3 is 0 Å². The number of carbonyl (C=O) groups is 1. The van der Waals surface area contributed by atoms with Crippen LogP contribution in [0.4, 0.5) is 0 Å². The van der Waals surface area contributed by atoms with E-state index in [2.05, 4.69) is 5.32 Å². The van der Waals surface area contributed by atoms with E-state index >= 15 is 0 Å². The first-order chi connectivity index (χ1) is 11.2. The van der Waals surface area contributed by atoms with Gasteiger partial charge in [-0.25, -0.2) is 0 Å². The van der Waals surface area contributed by atoms with Gasteiger partial charge in [0.15, 0.2) is 11.5 Å². The minimum absolute atomic E-state index is 0.0171. The van der Waals surface area contributed by atoms with Crippen LogP contribution in [0.1, 0.15) is 33.9 Å². The topological polar surface area (TPSA) is 47.6 Å². The first-order valence-electron chi connectivity index (χ1n) is 7.71. The van der Waals surface area contributed by atoms with E-state index in [4.69, 9.17) is 21.1 Å². The predicted octanol–water partition coefficient (Wildman–Crippen LogP) is 3.53. The van der Waals surface area contributed by atoms with Gasteiger partial charge in [0.1, 0.15) is 13.2 Å². The molecular formula is C18H16ClNO3. The molecule has 0 spiro atoms. The zero-order valence-corrected chi connectivity index (χ0v) is 13.2. The lowest BCUT2D eigenvalue weighted by Crippen LogP contribution is -2.28. The minimum Gasteiger partial charge on any atom is -0.486 e. The van der Waals surface area contributed by atoms with E-state index in [1.54, 1.807) is 6.07 Å². The lowest BCUT2D eigenvalue weighted by molar-refractivity contribution is 0.0925. The van der Waals surface area contributed by atoms with Gasteiger partial charge in [-0.05, 0) is 42.2 Å². The summed E-state index contributed by atoms with van der Waals surface area (Å²) in [7, 11) is 0. The third kappa shape index (κ3) is 2.53. The van der Waals surface area contributed by atoms with Gasteiger partial charge in [-0.1, -0.05) is 29.8 Å². The predicted molar refractivity (Wildman–Crippen MR) is 87.4 cm³/mol. The van der Waals surface area contributed by atoms with Crippen molar-refractivity contribution in [3.63, 3.8) is 0 Å². The Labute approximate surface area is 139 Å². The van der Waals surface area contributed by atoms with Crippen LogP contribution in [0.15, 0.2) is 36.4 Å². The summed E-state index contributed by atoms with van der Waals surface area (Å²) in [4.78, 5) is 12.7. The van der Waals surface area contributed by atoms with E-state index in [1.165, 1.54) is 0 Å². The number of amides is 1. The fourth-order valence-electron chi connectivity index (χ4n) is 3.25. The van der Waals surface area contributed by atoms with Gasteiger partial charge in [-0.15, -0.1) is 0 Å². The summed E-state index contributed by atoms with van der Waals surface area (Å²) in [6.07, 6.45) is 1.74. The molecule has 1 amide bonds. The maximum absolute atomic E-state index is 12.7. The number of rotatable bonds is 2. The highest BCUT2D eigenvalue weighted by molar-refractivity contribution is 6.31. The Hall–Kier alpha value is -2.20. The van der Waals surface area contributed by atoms with Crippen LogP contribution < -0.4 is 14.8 Å². The molecule has 1 heterocycles. The summed E-state index contributed by atoms with van der Waals surface area (Å²) in [5.41, 5.74) is 2.75. The maximum atomic E-state index is 12.7. The van der Waals surface area contributed by atoms with Crippen LogP contribution in [-0.4, -0.2) is 19.1 Å². The van der Waals surface area contributed by atoms with Crippen LogP contribution in [0.3, 0.4) is 0 Å². The Balaban J connectivity index is 1.60. The molecule has 2 aromatic carbocycles. The van der Waals surface area contributed by atoms with E-state index in [9.17, 15) is 4.79 Å². The quantitative estimate of drug-likeness (QED) is 0.917. The fraction of sp³-hybridized carbons (Fsp3) is 0.278. The van der Waals surface area contributed by atoms with Gasteiger partial charge in [0.2, 0.25) is 0 Å². The van der Waals surface area contributed by atoms with Crippen LogP contribution in [0.25, 0.3) is 0 Å². The van der Waals surface area contributed by atoms with E-state index in [-0.39, 0.29) is 11.9 Å². The van der Waals surface area contributed by atoms with Crippen molar-refractivity contribution in [2.24, 2.45) is 0 Å². The number of ether oxygens (including phenoxy) is 2. The second-order valence-corrected chi connectivity index (χ2v) is 6.11. The smallest absolute Gasteiger partial charge is 0.255 e. The Morgan fingerprint density at radius 1 is 1.13 bits per heavy atom. The maximum Gasteiger partial charge on any atom is 0.255 e. The van der Waals surface area contributed by atoms with Crippen LogP contribution >= 0.6 is 11.6 Å². The standard InChI is InChI=1S/C18H16ClNO3/c19-14-5-1-3-12-11(14)7-8-15(12)20-18(21)13-4-2-6-16-17(13)23-10-9-22-16/h1-6,15H,7-10H2,(H,20,21). The molecule has 1 aliphatic carbocycles. The molecule has 2 aliphatic rings. The molecule has 0 radical (unpaired) electrons. The average molecular weight is 330 g/mol. The number of hydrogen-bond donors (Lipinski definition) is 1. The Morgan fingerprint density at radius 2 is 1.96 bits per heavy atom. The minimum atomic E-state index is -0.148. The van der Waals surface area contributed by atoms with Crippen molar-refractivity contribution in [2.45, 2.75) is 18.9 Å². The highest BCUT2D eigenvalue weighted by Crippen LogP contribution is 2.37. The van der Waals surface area contributed by atoms with Crippen LogP contribution in [0, 0.1) is 0 Å². The second kappa shape index (κ2) is 5.78. The second-order valence-electron chi connectivity index (χ2n) is 5.70. The van der Waals surface area contributed by atoms with Gasteiger partial charge in [0, 0.05) is 5.02 Å². The highest BCUT2D eigenvalue weighted by atomic mass is 35.5. The molecule has 0 saturated heterocycles. The van der Waals surface area contributed by atoms with Crippen molar-refractivity contribution in [3.05, 3.63) is 58.1 Å². The van der Waals surface area contributed by atoms with E-state index < -0.39 is 0 Å². The van der Waals surface area contributed by atoms with E-state index in [0.29, 0.717) is 30.3 Å². The first kappa shape index (κ1) is 14.4. The van der Waals surface area contributed by atoms with Crippen molar-refractivity contribution in [1.29, 1.82) is 0 Å². The van der Waals surface area contributed by atoms with Crippen molar-refractivity contribution < 1.29 is 14.3 Å². The normalized spacial score (nSPS) is 18.4. The molecule has 1 N–H and O–H groups in total. The summed E-state index contributed by atoms with van der Waals surface area (Å²) >= 11 is 6.23. The molecule has 4 nitrogen and oxygen atoms in total. The largest absolute Gasteiger partial charge is 0.486 e. The van der Waals surface area contributed by atoms with Crippen molar-refractivity contribution in [1.82, 2.24) is 5.32 Å². The number of benzene rings is 2. The molecule has 4 rings (SSSR count). The lowest BCUT2D eigenvalue weighted by Gasteiger charge is -2.21. The molecular weight excluding hydrogens is 314 g/mol. The average Bonchev–Trinajstić information content (AvgIpc) is 2.99. The molecule has 1 unspecified atom stereocenters. The van der Waals surface area contributed by atoms with Crippen LogP contribution in [-0.2, 0) is 6.42 Å². The number of carbonyl (C=O) groups excluding carboxylic acids is 1. The molecule has 0 aromatic heterocycles. The number of para-hydroxylation sites is 1. The monoisotopic (exact) mass is 329 g/mol. The zero-order chi connectivity index (χ0) is 15.8. The molecule has 1 aliphatic heterocycles. The van der Waals surface area contributed by atoms with Crippen LogP contribution in [0.5, 0.6) is 11.5 Å². The molecule has 5 heteroatoms. The van der Waals surface area contributed by atoms with Gasteiger partial charge in [-0.3, -0.25) is 4.79 Å². The number of hydrogen-bond acceptors (Lipinski definition) is 3. The molecule has 23 heavy (non-hydrogen) atoms. The summed E-state index contributed by atoms with van der Waals surface area (Å²) in [6, 6.07) is 11.2. The summed E-state index contributed by atoms with van der Waals surface area (Å²) in [6.45, 7) is 0.964. The van der Waals surface area contributed by atoms with Gasteiger partial charge in [-0.2, -0.15) is 0 Å². The van der Waals surface area contributed by atoms with Crippen molar-refractivity contribution in [3.8, 4) is 11.5 Å². The molecule has 0 fully saturated rings. The summed E-state index contributed by atoms with van der Waals surface area (Å²) < 4.78 is 11.2. The third-order valence-corrected chi connectivity index (χ3v) is 4.68. The number of halogens is 1. The van der Waals surface area contributed by atoms with Crippen LogP contribution in [0.2, 0.25) is 5.02 Å². The van der Waals surface area contributed by atoms with E-state index in [1.807, 2.05) is 30.3 Å². The Kier molecular flexibility index (Phi) is 3.62. The molecule has 2 aromatic rings. The molecule has 1 atom stereocenters. The zero-order valence-electron chi connectivity index (χ0n) is 12.5. The lowest BCUT2D eigenvalue weighted by atomic mass is 10.1. The van der Waals surface area contributed by atoms with Gasteiger partial charge in [0.05, 0.1) is 11.6 Å². The highest BCUT2D eigenvalue weighted by Gasteiger charge is 2.27. The Bertz CT molecular complexity index is 775. The summed E-state index contributed by atoms with van der Waals surface area (Å²) in [5, 5.41) is 3.87.